The van der Waals surface area contributed by atoms with Crippen molar-refractivity contribution in [1.82, 2.24) is 9.88 Å². The number of amides is 2. The summed E-state index contributed by atoms with van der Waals surface area (Å²) in [6.07, 6.45) is 3.69. The molecule has 0 saturated heterocycles. The van der Waals surface area contributed by atoms with Gasteiger partial charge in [0.25, 0.3) is 5.91 Å². The Morgan fingerprint density at radius 1 is 1.24 bits per heavy atom. The van der Waals surface area contributed by atoms with Crippen molar-refractivity contribution in [2.75, 3.05) is 11.9 Å². The van der Waals surface area contributed by atoms with Crippen molar-refractivity contribution in [2.24, 2.45) is 5.92 Å². The highest BCUT2D eigenvalue weighted by Crippen LogP contribution is 2.31. The quantitative estimate of drug-likeness (QED) is 0.915. The van der Waals surface area contributed by atoms with E-state index in [0.29, 0.717) is 30.2 Å². The SMILES string of the molecule is O=C(Nc1nc2c(s1)CN(C(=O)c1ccc(F)cc1)CC2)C1CCC1. The highest BCUT2D eigenvalue weighted by Gasteiger charge is 2.28. The predicted molar refractivity (Wildman–Crippen MR) is 92.9 cm³/mol. The maximum absolute atomic E-state index is 13.0. The number of nitrogens with zero attached hydrogens (tertiary/aromatic N) is 2. The Morgan fingerprint density at radius 2 is 2.00 bits per heavy atom. The van der Waals surface area contributed by atoms with Crippen LogP contribution in [0.5, 0.6) is 0 Å². The molecule has 7 heteroatoms. The van der Waals surface area contributed by atoms with Crippen LogP contribution in [-0.4, -0.2) is 28.2 Å². The highest BCUT2D eigenvalue weighted by molar-refractivity contribution is 7.15. The van der Waals surface area contributed by atoms with E-state index < -0.39 is 0 Å². The van der Waals surface area contributed by atoms with Crippen LogP contribution in [0.1, 0.15) is 40.2 Å². The maximum Gasteiger partial charge on any atom is 0.254 e. The normalized spacial score (nSPS) is 16.9. The standard InChI is InChI=1S/C18H18FN3O2S/c19-13-6-4-12(5-7-13)17(24)22-9-8-14-15(10-22)25-18(20-14)21-16(23)11-2-1-3-11/h4-7,11H,1-3,8-10H2,(H,20,21,23). The van der Waals surface area contributed by atoms with Gasteiger partial charge in [0.05, 0.1) is 12.2 Å². The first-order chi connectivity index (χ1) is 12.1. The Kier molecular flexibility index (Phi) is 4.25. The average molecular weight is 359 g/mol. The fourth-order valence-corrected chi connectivity index (χ4v) is 4.10. The molecular formula is C18H18FN3O2S. The minimum absolute atomic E-state index is 0.0524. The number of rotatable bonds is 3. The Morgan fingerprint density at radius 3 is 2.68 bits per heavy atom. The summed E-state index contributed by atoms with van der Waals surface area (Å²) in [5.41, 5.74) is 1.44. The molecule has 2 heterocycles. The van der Waals surface area contributed by atoms with Crippen molar-refractivity contribution in [1.29, 1.82) is 0 Å². The van der Waals surface area contributed by atoms with Crippen molar-refractivity contribution in [3.63, 3.8) is 0 Å². The Labute approximate surface area is 148 Å². The van der Waals surface area contributed by atoms with Gasteiger partial charge in [-0.25, -0.2) is 9.37 Å². The van der Waals surface area contributed by atoms with E-state index >= 15 is 0 Å². The van der Waals surface area contributed by atoms with E-state index in [1.165, 1.54) is 35.6 Å². The second-order valence-corrected chi connectivity index (χ2v) is 7.57. The van der Waals surface area contributed by atoms with E-state index in [9.17, 15) is 14.0 Å². The zero-order chi connectivity index (χ0) is 17.4. The lowest BCUT2D eigenvalue weighted by molar-refractivity contribution is -0.122. The smallest absolute Gasteiger partial charge is 0.254 e. The summed E-state index contributed by atoms with van der Waals surface area (Å²) in [4.78, 5) is 31.9. The average Bonchev–Trinajstić information content (AvgIpc) is 2.94. The first-order valence-corrected chi connectivity index (χ1v) is 9.26. The zero-order valence-corrected chi connectivity index (χ0v) is 14.4. The van der Waals surface area contributed by atoms with Crippen LogP contribution < -0.4 is 5.32 Å². The van der Waals surface area contributed by atoms with Gasteiger partial charge in [-0.05, 0) is 37.1 Å². The Bertz CT molecular complexity index is 814. The molecule has 0 radical (unpaired) electrons. The van der Waals surface area contributed by atoms with E-state index in [1.54, 1.807) is 4.90 Å². The monoisotopic (exact) mass is 359 g/mol. The third-order valence-corrected chi connectivity index (χ3v) is 5.81. The van der Waals surface area contributed by atoms with Gasteiger partial charge in [-0.2, -0.15) is 0 Å². The molecule has 1 aromatic heterocycles. The molecule has 2 amide bonds. The lowest BCUT2D eigenvalue weighted by Crippen LogP contribution is -2.35. The number of halogens is 1. The van der Waals surface area contributed by atoms with Crippen LogP contribution in [0.4, 0.5) is 9.52 Å². The molecule has 0 unspecified atom stereocenters. The molecule has 1 aromatic carbocycles. The molecule has 25 heavy (non-hydrogen) atoms. The van der Waals surface area contributed by atoms with Crippen molar-refractivity contribution >= 4 is 28.3 Å². The molecule has 1 aliphatic heterocycles. The summed E-state index contributed by atoms with van der Waals surface area (Å²) in [5.74, 6) is -0.292. The number of carbonyl (C=O) groups excluding carboxylic acids is 2. The van der Waals surface area contributed by atoms with Crippen molar-refractivity contribution in [2.45, 2.75) is 32.2 Å². The minimum atomic E-state index is -0.355. The molecule has 5 nitrogen and oxygen atoms in total. The number of benzene rings is 1. The lowest BCUT2D eigenvalue weighted by Gasteiger charge is -2.26. The Balaban J connectivity index is 1.44. The van der Waals surface area contributed by atoms with Crippen LogP contribution >= 0.6 is 11.3 Å². The van der Waals surface area contributed by atoms with Crippen LogP contribution in [-0.2, 0) is 17.8 Å². The van der Waals surface area contributed by atoms with Gasteiger partial charge in [-0.1, -0.05) is 17.8 Å². The zero-order valence-electron chi connectivity index (χ0n) is 13.6. The molecule has 0 spiro atoms. The molecule has 2 aromatic rings. The maximum atomic E-state index is 13.0. The summed E-state index contributed by atoms with van der Waals surface area (Å²) in [6.45, 7) is 1.05. The number of thiazole rings is 1. The van der Waals surface area contributed by atoms with Gasteiger partial charge in [0.1, 0.15) is 5.82 Å². The van der Waals surface area contributed by atoms with E-state index in [1.807, 2.05) is 0 Å². The van der Waals surface area contributed by atoms with Gasteiger partial charge in [-0.3, -0.25) is 9.59 Å². The molecule has 2 aliphatic rings. The van der Waals surface area contributed by atoms with Crippen molar-refractivity contribution < 1.29 is 14.0 Å². The lowest BCUT2D eigenvalue weighted by atomic mass is 9.85. The largest absolute Gasteiger partial charge is 0.333 e. The Hall–Kier alpha value is -2.28. The van der Waals surface area contributed by atoms with Crippen LogP contribution in [0, 0.1) is 11.7 Å². The topological polar surface area (TPSA) is 62.3 Å². The van der Waals surface area contributed by atoms with Gasteiger partial charge in [0, 0.05) is 29.3 Å². The van der Waals surface area contributed by atoms with Crippen molar-refractivity contribution in [3.8, 4) is 0 Å². The van der Waals surface area contributed by atoms with Crippen LogP contribution in [0.2, 0.25) is 0 Å². The molecule has 1 aliphatic carbocycles. The first kappa shape index (κ1) is 16.2. The van der Waals surface area contributed by atoms with Gasteiger partial charge in [0.2, 0.25) is 5.91 Å². The third-order valence-electron chi connectivity index (χ3n) is 4.82. The minimum Gasteiger partial charge on any atom is -0.333 e. The fourth-order valence-electron chi connectivity index (χ4n) is 3.08. The molecule has 4 rings (SSSR count). The van der Waals surface area contributed by atoms with Crippen molar-refractivity contribution in [3.05, 3.63) is 46.2 Å². The summed E-state index contributed by atoms with van der Waals surface area (Å²) in [5, 5.41) is 3.53. The molecular weight excluding hydrogens is 341 g/mol. The number of aromatic nitrogens is 1. The number of anilines is 1. The second-order valence-electron chi connectivity index (χ2n) is 6.49. The fraction of sp³-hybridized carbons (Fsp3) is 0.389. The summed E-state index contributed by atoms with van der Waals surface area (Å²) < 4.78 is 13.0. The van der Waals surface area contributed by atoms with Crippen LogP contribution in [0.3, 0.4) is 0 Å². The van der Waals surface area contributed by atoms with E-state index in [0.717, 1.165) is 29.8 Å². The number of nitrogens with one attached hydrogen (secondary N) is 1. The molecule has 0 atom stereocenters. The third kappa shape index (κ3) is 3.28. The molecule has 1 fully saturated rings. The number of hydrogen-bond acceptors (Lipinski definition) is 4. The van der Waals surface area contributed by atoms with Gasteiger partial charge < -0.3 is 10.2 Å². The summed E-state index contributed by atoms with van der Waals surface area (Å²) in [6, 6.07) is 5.60. The number of hydrogen-bond donors (Lipinski definition) is 1. The predicted octanol–water partition coefficient (Wildman–Crippen LogP) is 3.22. The van der Waals surface area contributed by atoms with Crippen LogP contribution in [0.15, 0.2) is 24.3 Å². The molecule has 130 valence electrons. The molecule has 0 bridgehead atoms. The highest BCUT2D eigenvalue weighted by atomic mass is 32.1. The molecule has 1 N–H and O–H groups in total. The first-order valence-electron chi connectivity index (χ1n) is 8.44. The number of carbonyl (C=O) groups is 2. The summed E-state index contributed by atoms with van der Waals surface area (Å²) >= 11 is 1.44. The van der Waals surface area contributed by atoms with E-state index in [-0.39, 0.29) is 23.5 Å². The van der Waals surface area contributed by atoms with E-state index in [4.69, 9.17) is 0 Å². The summed E-state index contributed by atoms with van der Waals surface area (Å²) in [7, 11) is 0. The van der Waals surface area contributed by atoms with Gasteiger partial charge in [0.15, 0.2) is 5.13 Å². The second kappa shape index (κ2) is 6.55. The van der Waals surface area contributed by atoms with Gasteiger partial charge >= 0.3 is 0 Å². The number of fused-ring (bicyclic) bond motifs is 1. The van der Waals surface area contributed by atoms with E-state index in [2.05, 4.69) is 10.3 Å². The van der Waals surface area contributed by atoms with Gasteiger partial charge in [-0.15, -0.1) is 0 Å². The molecule has 1 saturated carbocycles. The van der Waals surface area contributed by atoms with Crippen LogP contribution in [0.25, 0.3) is 0 Å².